The van der Waals surface area contributed by atoms with Crippen LogP contribution in [0.25, 0.3) is 10.9 Å². The number of fused-ring (bicyclic) bond motifs is 1. The second kappa shape index (κ2) is 6.02. The molecule has 0 aliphatic rings. The van der Waals surface area contributed by atoms with Crippen molar-refractivity contribution in [1.82, 2.24) is 10.3 Å². The molecule has 2 N–H and O–H groups in total. The van der Waals surface area contributed by atoms with Gasteiger partial charge in [0.2, 0.25) is 0 Å². The maximum atomic E-state index is 5.28. The van der Waals surface area contributed by atoms with Crippen molar-refractivity contribution in [2.45, 2.75) is 19.5 Å². The highest BCUT2D eigenvalue weighted by molar-refractivity contribution is 5.79. The summed E-state index contributed by atoms with van der Waals surface area (Å²) in [6.07, 6.45) is 1.97. The average molecular weight is 280 g/mol. The van der Waals surface area contributed by atoms with E-state index >= 15 is 0 Å². The molecule has 0 bridgehead atoms. The van der Waals surface area contributed by atoms with Gasteiger partial charge in [-0.1, -0.05) is 24.3 Å². The zero-order valence-corrected chi connectivity index (χ0v) is 12.4. The van der Waals surface area contributed by atoms with E-state index < -0.39 is 0 Å². The van der Waals surface area contributed by atoms with E-state index in [1.165, 1.54) is 22.0 Å². The minimum atomic E-state index is 0.277. The molecule has 0 aliphatic carbocycles. The molecule has 0 radical (unpaired) electrons. The Morgan fingerprint density at radius 2 is 2.05 bits per heavy atom. The van der Waals surface area contributed by atoms with Gasteiger partial charge in [0.1, 0.15) is 5.75 Å². The second-order valence-corrected chi connectivity index (χ2v) is 5.28. The maximum Gasteiger partial charge on any atom is 0.119 e. The standard InChI is InChI=1S/C18H20N2O/c1-13(16-4-3-5-17(11-16)21-2)20-12-14-6-7-15-8-9-19-18(15)10-14/h3-11,13,19-20H,12H2,1-2H3/t13-/m1/s1. The van der Waals surface area contributed by atoms with Crippen LogP contribution in [-0.2, 0) is 6.54 Å². The van der Waals surface area contributed by atoms with E-state index in [9.17, 15) is 0 Å². The summed E-state index contributed by atoms with van der Waals surface area (Å²) < 4.78 is 5.28. The topological polar surface area (TPSA) is 37.0 Å². The van der Waals surface area contributed by atoms with Gasteiger partial charge in [-0.3, -0.25) is 0 Å². The van der Waals surface area contributed by atoms with Gasteiger partial charge in [0, 0.05) is 24.3 Å². The van der Waals surface area contributed by atoms with E-state index in [-0.39, 0.29) is 6.04 Å². The summed E-state index contributed by atoms with van der Waals surface area (Å²) in [4.78, 5) is 3.25. The smallest absolute Gasteiger partial charge is 0.119 e. The number of nitrogens with one attached hydrogen (secondary N) is 2. The van der Waals surface area contributed by atoms with E-state index in [0.29, 0.717) is 0 Å². The molecule has 1 aromatic heterocycles. The number of ether oxygens (including phenoxy) is 1. The van der Waals surface area contributed by atoms with Gasteiger partial charge in [-0.2, -0.15) is 0 Å². The van der Waals surface area contributed by atoms with Gasteiger partial charge in [0.25, 0.3) is 0 Å². The van der Waals surface area contributed by atoms with Crippen molar-refractivity contribution < 1.29 is 4.74 Å². The average Bonchev–Trinajstić information content (AvgIpc) is 3.00. The molecule has 0 saturated carbocycles. The fourth-order valence-electron chi connectivity index (χ4n) is 2.50. The normalized spacial score (nSPS) is 12.5. The molecule has 0 spiro atoms. The lowest BCUT2D eigenvalue weighted by Gasteiger charge is -2.15. The lowest BCUT2D eigenvalue weighted by atomic mass is 10.1. The van der Waals surface area contributed by atoms with Crippen LogP contribution in [-0.4, -0.2) is 12.1 Å². The van der Waals surface area contributed by atoms with E-state index in [4.69, 9.17) is 4.74 Å². The Kier molecular flexibility index (Phi) is 3.93. The van der Waals surface area contributed by atoms with Crippen LogP contribution in [0.3, 0.4) is 0 Å². The predicted molar refractivity (Wildman–Crippen MR) is 86.5 cm³/mol. The van der Waals surface area contributed by atoms with Crippen molar-refractivity contribution in [1.29, 1.82) is 0 Å². The Morgan fingerprint density at radius 3 is 2.90 bits per heavy atom. The molecule has 2 aromatic carbocycles. The highest BCUT2D eigenvalue weighted by Gasteiger charge is 2.06. The number of aromatic nitrogens is 1. The van der Waals surface area contributed by atoms with Gasteiger partial charge in [-0.05, 0) is 47.7 Å². The lowest BCUT2D eigenvalue weighted by Crippen LogP contribution is -2.18. The minimum Gasteiger partial charge on any atom is -0.497 e. The quantitative estimate of drug-likeness (QED) is 0.740. The van der Waals surface area contributed by atoms with Crippen LogP contribution < -0.4 is 10.1 Å². The van der Waals surface area contributed by atoms with Crippen molar-refractivity contribution >= 4 is 10.9 Å². The summed E-state index contributed by atoms with van der Waals surface area (Å²) in [5.74, 6) is 0.897. The molecule has 21 heavy (non-hydrogen) atoms. The van der Waals surface area contributed by atoms with Crippen molar-refractivity contribution in [3.05, 3.63) is 65.9 Å². The molecular weight excluding hydrogens is 260 g/mol. The molecule has 1 atom stereocenters. The van der Waals surface area contributed by atoms with E-state index in [1.54, 1.807) is 7.11 Å². The monoisotopic (exact) mass is 280 g/mol. The summed E-state index contributed by atoms with van der Waals surface area (Å²) in [6, 6.07) is 17.1. The summed E-state index contributed by atoms with van der Waals surface area (Å²) in [7, 11) is 1.70. The Hall–Kier alpha value is -2.26. The predicted octanol–water partition coefficient (Wildman–Crippen LogP) is 4.03. The molecular formula is C18H20N2O. The van der Waals surface area contributed by atoms with Crippen LogP contribution in [0.2, 0.25) is 0 Å². The fraction of sp³-hybridized carbons (Fsp3) is 0.222. The van der Waals surface area contributed by atoms with Crippen LogP contribution in [0.4, 0.5) is 0 Å². The Morgan fingerprint density at radius 1 is 1.14 bits per heavy atom. The first-order valence-corrected chi connectivity index (χ1v) is 7.19. The minimum absolute atomic E-state index is 0.277. The largest absolute Gasteiger partial charge is 0.497 e. The van der Waals surface area contributed by atoms with Crippen molar-refractivity contribution in [3.63, 3.8) is 0 Å². The zero-order chi connectivity index (χ0) is 14.7. The number of aromatic amines is 1. The zero-order valence-electron chi connectivity index (χ0n) is 12.4. The third kappa shape index (κ3) is 3.09. The molecule has 1 heterocycles. The third-order valence-corrected chi connectivity index (χ3v) is 3.83. The molecule has 0 saturated heterocycles. The molecule has 0 aliphatic heterocycles. The fourth-order valence-corrected chi connectivity index (χ4v) is 2.50. The van der Waals surface area contributed by atoms with Crippen LogP contribution >= 0.6 is 0 Å². The highest BCUT2D eigenvalue weighted by Crippen LogP contribution is 2.20. The highest BCUT2D eigenvalue weighted by atomic mass is 16.5. The molecule has 0 amide bonds. The van der Waals surface area contributed by atoms with Gasteiger partial charge in [-0.25, -0.2) is 0 Å². The summed E-state index contributed by atoms with van der Waals surface area (Å²) in [5, 5.41) is 4.80. The number of methoxy groups -OCH3 is 1. The van der Waals surface area contributed by atoms with Crippen molar-refractivity contribution in [2.75, 3.05) is 7.11 Å². The van der Waals surface area contributed by atoms with Crippen LogP contribution in [0.5, 0.6) is 5.75 Å². The number of benzene rings is 2. The van der Waals surface area contributed by atoms with E-state index in [1.807, 2.05) is 18.3 Å². The van der Waals surface area contributed by atoms with E-state index in [0.717, 1.165) is 12.3 Å². The van der Waals surface area contributed by atoms with Crippen molar-refractivity contribution in [2.24, 2.45) is 0 Å². The summed E-state index contributed by atoms with van der Waals surface area (Å²) >= 11 is 0. The summed E-state index contributed by atoms with van der Waals surface area (Å²) in [6.45, 7) is 3.01. The molecule has 108 valence electrons. The Bertz CT molecular complexity index is 733. The first kappa shape index (κ1) is 13.7. The van der Waals surface area contributed by atoms with E-state index in [2.05, 4.69) is 53.6 Å². The number of H-pyrrole nitrogens is 1. The SMILES string of the molecule is COc1cccc([C@@H](C)NCc2ccc3cc[nH]c3c2)c1. The molecule has 3 heteroatoms. The van der Waals surface area contributed by atoms with Gasteiger partial charge >= 0.3 is 0 Å². The number of hydrogen-bond acceptors (Lipinski definition) is 2. The van der Waals surface area contributed by atoms with Crippen LogP contribution in [0.1, 0.15) is 24.1 Å². The third-order valence-electron chi connectivity index (χ3n) is 3.83. The van der Waals surface area contributed by atoms with Gasteiger partial charge in [0.05, 0.1) is 7.11 Å². The van der Waals surface area contributed by atoms with Crippen LogP contribution in [0, 0.1) is 0 Å². The number of hydrogen-bond donors (Lipinski definition) is 2. The van der Waals surface area contributed by atoms with Gasteiger partial charge in [0.15, 0.2) is 0 Å². The van der Waals surface area contributed by atoms with Gasteiger partial charge in [-0.15, -0.1) is 0 Å². The maximum absolute atomic E-state index is 5.28. The Labute approximate surface area is 125 Å². The molecule has 0 unspecified atom stereocenters. The van der Waals surface area contributed by atoms with Gasteiger partial charge < -0.3 is 15.0 Å². The number of rotatable bonds is 5. The van der Waals surface area contributed by atoms with Crippen LogP contribution in [0.15, 0.2) is 54.7 Å². The molecule has 3 aromatic rings. The van der Waals surface area contributed by atoms with Crippen molar-refractivity contribution in [3.8, 4) is 5.75 Å². The first-order chi connectivity index (χ1) is 10.3. The lowest BCUT2D eigenvalue weighted by molar-refractivity contribution is 0.413. The Balaban J connectivity index is 1.68. The molecule has 3 nitrogen and oxygen atoms in total. The summed E-state index contributed by atoms with van der Waals surface area (Å²) in [5.41, 5.74) is 3.69. The molecule has 0 fully saturated rings. The first-order valence-electron chi connectivity index (χ1n) is 7.19. The molecule has 3 rings (SSSR count). The second-order valence-electron chi connectivity index (χ2n) is 5.28.